The van der Waals surface area contributed by atoms with Crippen LogP contribution in [0.3, 0.4) is 0 Å². The van der Waals surface area contributed by atoms with Gasteiger partial charge in [-0.05, 0) is 44.5 Å². The Labute approximate surface area is 189 Å². The molecular formula is C22H26F4N4O3. The summed E-state index contributed by atoms with van der Waals surface area (Å²) in [6.07, 6.45) is -3.69. The smallest absolute Gasteiger partial charge is 0.340 e. The number of amides is 1. The normalized spacial score (nSPS) is 12.7. The van der Waals surface area contributed by atoms with E-state index in [1.807, 2.05) is 13.8 Å². The number of hydrogen-bond donors (Lipinski definition) is 1. The lowest BCUT2D eigenvalue weighted by molar-refractivity contribution is -0.148. The molecule has 7 nitrogen and oxygen atoms in total. The van der Waals surface area contributed by atoms with Gasteiger partial charge < -0.3 is 10.1 Å². The zero-order valence-electron chi connectivity index (χ0n) is 19.0. The molecule has 33 heavy (non-hydrogen) atoms. The minimum absolute atomic E-state index is 0.0510. The molecule has 0 bridgehead atoms. The standard InChI is InChI=1S/C22H26F4N4O3/c1-11(2)18(31)9-16-8-15(7-13(4)27-16)14(5)28-19(32)17-6-12(3)20(30-29-17)33-10-22(25,26)21(23)24/h6-8,11,14,21H,9-10H2,1-5H3,(H,28,32). The minimum atomic E-state index is -4.33. The lowest BCUT2D eigenvalue weighted by Crippen LogP contribution is -2.34. The number of nitrogens with zero attached hydrogens (tertiary/aromatic N) is 3. The van der Waals surface area contributed by atoms with Gasteiger partial charge in [-0.15, -0.1) is 10.2 Å². The van der Waals surface area contributed by atoms with Crippen LogP contribution in [0.5, 0.6) is 5.88 Å². The van der Waals surface area contributed by atoms with Gasteiger partial charge in [0.25, 0.3) is 5.91 Å². The molecule has 0 radical (unpaired) electrons. The van der Waals surface area contributed by atoms with E-state index in [-0.39, 0.29) is 35.3 Å². The van der Waals surface area contributed by atoms with E-state index >= 15 is 0 Å². The van der Waals surface area contributed by atoms with Gasteiger partial charge in [0, 0.05) is 29.3 Å². The number of aryl methyl sites for hydroxylation is 2. The molecule has 1 amide bonds. The van der Waals surface area contributed by atoms with E-state index in [1.54, 1.807) is 26.0 Å². The summed E-state index contributed by atoms with van der Waals surface area (Å²) in [5, 5.41) is 9.96. The van der Waals surface area contributed by atoms with Crippen molar-refractivity contribution in [2.75, 3.05) is 6.61 Å². The average Bonchev–Trinajstić information content (AvgIpc) is 2.72. The van der Waals surface area contributed by atoms with Crippen molar-refractivity contribution in [3.8, 4) is 5.88 Å². The number of halogens is 4. The summed E-state index contributed by atoms with van der Waals surface area (Å²) in [6.45, 7) is 7.01. The molecule has 2 heterocycles. The van der Waals surface area contributed by atoms with E-state index in [0.29, 0.717) is 11.4 Å². The lowest BCUT2D eigenvalue weighted by Gasteiger charge is -2.17. The molecule has 1 N–H and O–H groups in total. The van der Waals surface area contributed by atoms with Gasteiger partial charge in [-0.25, -0.2) is 8.78 Å². The van der Waals surface area contributed by atoms with Gasteiger partial charge in [-0.1, -0.05) is 13.8 Å². The molecule has 0 spiro atoms. The van der Waals surface area contributed by atoms with Crippen molar-refractivity contribution in [3.05, 3.63) is 46.4 Å². The molecule has 0 saturated heterocycles. The quantitative estimate of drug-likeness (QED) is 0.527. The Morgan fingerprint density at radius 3 is 2.33 bits per heavy atom. The molecule has 1 atom stereocenters. The number of hydrogen-bond acceptors (Lipinski definition) is 6. The SMILES string of the molecule is Cc1cc(C(C)NC(=O)c2cc(C)c(OCC(F)(F)C(F)F)nn2)cc(CC(=O)C(C)C)n1. The van der Waals surface area contributed by atoms with Crippen LogP contribution >= 0.6 is 0 Å². The number of aromatic nitrogens is 3. The van der Waals surface area contributed by atoms with Gasteiger partial charge in [0.05, 0.1) is 6.04 Å². The first kappa shape index (κ1) is 26.1. The molecule has 11 heteroatoms. The molecule has 0 fully saturated rings. The maximum atomic E-state index is 13.0. The molecule has 0 aliphatic carbocycles. The summed E-state index contributed by atoms with van der Waals surface area (Å²) in [5.74, 6) is -5.36. The third kappa shape index (κ3) is 7.19. The van der Waals surface area contributed by atoms with Gasteiger partial charge in [-0.2, -0.15) is 8.78 Å². The van der Waals surface area contributed by atoms with Crippen molar-refractivity contribution in [2.45, 2.75) is 59.4 Å². The number of alkyl halides is 4. The predicted molar refractivity (Wildman–Crippen MR) is 112 cm³/mol. The van der Waals surface area contributed by atoms with E-state index in [9.17, 15) is 27.2 Å². The first-order valence-corrected chi connectivity index (χ1v) is 10.2. The summed E-state index contributed by atoms with van der Waals surface area (Å²) < 4.78 is 55.2. The van der Waals surface area contributed by atoms with Crippen LogP contribution in [-0.2, 0) is 11.2 Å². The number of carbonyl (C=O) groups is 2. The molecule has 0 aliphatic heterocycles. The van der Waals surface area contributed by atoms with E-state index in [4.69, 9.17) is 0 Å². The highest BCUT2D eigenvalue weighted by Gasteiger charge is 2.42. The number of nitrogens with one attached hydrogen (secondary N) is 1. The Balaban J connectivity index is 2.10. The fraction of sp³-hybridized carbons (Fsp3) is 0.500. The molecular weight excluding hydrogens is 444 g/mol. The van der Waals surface area contributed by atoms with Crippen molar-refractivity contribution in [1.82, 2.24) is 20.5 Å². The van der Waals surface area contributed by atoms with E-state index in [0.717, 1.165) is 5.56 Å². The van der Waals surface area contributed by atoms with Crippen molar-refractivity contribution >= 4 is 11.7 Å². The minimum Gasteiger partial charge on any atom is -0.470 e. The Morgan fingerprint density at radius 1 is 1.09 bits per heavy atom. The molecule has 2 aromatic rings. The summed E-state index contributed by atoms with van der Waals surface area (Å²) in [7, 11) is 0. The van der Waals surface area contributed by atoms with Crippen LogP contribution < -0.4 is 10.1 Å². The number of ether oxygens (including phenoxy) is 1. The van der Waals surface area contributed by atoms with Gasteiger partial charge in [0.15, 0.2) is 12.3 Å². The van der Waals surface area contributed by atoms with Gasteiger partial charge in [-0.3, -0.25) is 14.6 Å². The summed E-state index contributed by atoms with van der Waals surface area (Å²) in [4.78, 5) is 29.0. The average molecular weight is 470 g/mol. The van der Waals surface area contributed by atoms with Crippen LogP contribution in [0.2, 0.25) is 0 Å². The van der Waals surface area contributed by atoms with Crippen LogP contribution in [0.15, 0.2) is 18.2 Å². The number of pyridine rings is 1. The van der Waals surface area contributed by atoms with Crippen LogP contribution in [0.1, 0.15) is 59.8 Å². The molecule has 180 valence electrons. The van der Waals surface area contributed by atoms with Crippen molar-refractivity contribution in [3.63, 3.8) is 0 Å². The highest BCUT2D eigenvalue weighted by atomic mass is 19.3. The van der Waals surface area contributed by atoms with E-state index < -0.39 is 30.9 Å². The first-order chi connectivity index (χ1) is 15.3. The highest BCUT2D eigenvalue weighted by molar-refractivity contribution is 5.92. The first-order valence-electron chi connectivity index (χ1n) is 10.2. The molecule has 0 aliphatic rings. The number of ketones is 1. The number of rotatable bonds is 10. The van der Waals surface area contributed by atoms with Crippen molar-refractivity contribution in [1.29, 1.82) is 0 Å². The zero-order valence-corrected chi connectivity index (χ0v) is 19.0. The van der Waals surface area contributed by atoms with Crippen LogP contribution in [0, 0.1) is 19.8 Å². The zero-order chi connectivity index (χ0) is 24.9. The van der Waals surface area contributed by atoms with E-state index in [2.05, 4.69) is 25.2 Å². The largest absolute Gasteiger partial charge is 0.470 e. The highest BCUT2D eigenvalue weighted by Crippen LogP contribution is 2.25. The summed E-state index contributed by atoms with van der Waals surface area (Å²) in [5.41, 5.74) is 2.11. The van der Waals surface area contributed by atoms with Crippen LogP contribution in [0.4, 0.5) is 17.6 Å². The van der Waals surface area contributed by atoms with Crippen molar-refractivity contribution < 1.29 is 31.9 Å². The Morgan fingerprint density at radius 2 is 1.76 bits per heavy atom. The number of Topliss-reactive ketones (excluding diaryl/α,β-unsaturated/α-hetero) is 1. The topological polar surface area (TPSA) is 94.1 Å². The third-order valence-electron chi connectivity index (χ3n) is 4.77. The van der Waals surface area contributed by atoms with Gasteiger partial charge >= 0.3 is 12.3 Å². The van der Waals surface area contributed by atoms with Crippen LogP contribution in [-0.4, -0.2) is 45.8 Å². The van der Waals surface area contributed by atoms with Gasteiger partial charge in [0.2, 0.25) is 5.88 Å². The van der Waals surface area contributed by atoms with Crippen molar-refractivity contribution in [2.24, 2.45) is 5.92 Å². The molecule has 0 aromatic carbocycles. The van der Waals surface area contributed by atoms with Gasteiger partial charge in [0.1, 0.15) is 5.78 Å². The fourth-order valence-electron chi connectivity index (χ4n) is 2.80. The summed E-state index contributed by atoms with van der Waals surface area (Å²) in [6, 6.07) is 4.32. The second-order valence-corrected chi connectivity index (χ2v) is 8.09. The second kappa shape index (κ2) is 10.7. The Hall–Kier alpha value is -3.11. The predicted octanol–water partition coefficient (Wildman–Crippen LogP) is 4.03. The summed E-state index contributed by atoms with van der Waals surface area (Å²) >= 11 is 0. The molecule has 2 rings (SSSR count). The molecule has 1 unspecified atom stereocenters. The monoisotopic (exact) mass is 470 g/mol. The third-order valence-corrected chi connectivity index (χ3v) is 4.77. The maximum absolute atomic E-state index is 13.0. The van der Waals surface area contributed by atoms with Crippen LogP contribution in [0.25, 0.3) is 0 Å². The lowest BCUT2D eigenvalue weighted by atomic mass is 10.0. The molecule has 2 aromatic heterocycles. The second-order valence-electron chi connectivity index (χ2n) is 8.09. The fourth-order valence-corrected chi connectivity index (χ4v) is 2.80. The number of carbonyl (C=O) groups excluding carboxylic acids is 2. The Kier molecular flexibility index (Phi) is 8.45. The Bertz CT molecular complexity index is 1020. The van der Waals surface area contributed by atoms with E-state index in [1.165, 1.54) is 13.0 Å². The molecule has 0 saturated carbocycles. The maximum Gasteiger partial charge on any atom is 0.340 e.